The molecule has 3 heteroatoms. The third-order valence-corrected chi connectivity index (χ3v) is 3.33. The van der Waals surface area contributed by atoms with Crippen molar-refractivity contribution < 1.29 is 4.74 Å². The van der Waals surface area contributed by atoms with Gasteiger partial charge in [-0.1, -0.05) is 26.0 Å². The molecule has 3 rings (SSSR count). The first-order chi connectivity index (χ1) is 8.25. The second kappa shape index (κ2) is 4.15. The fourth-order valence-electron chi connectivity index (χ4n) is 2.40. The Hall–Kier alpha value is -1.35. The summed E-state index contributed by atoms with van der Waals surface area (Å²) in [5, 5.41) is 5.82. The normalized spacial score (nSPS) is 16.6. The molecule has 0 radical (unpaired) electrons. The number of rotatable bonds is 3. The number of fused-ring (bicyclic) bond motifs is 1. The maximum Gasteiger partial charge on any atom is 0.0992 e. The summed E-state index contributed by atoms with van der Waals surface area (Å²) in [7, 11) is 0. The van der Waals surface area contributed by atoms with E-state index in [2.05, 4.69) is 41.8 Å². The number of aromatic nitrogens is 2. The molecule has 3 nitrogen and oxygen atoms in total. The smallest absolute Gasteiger partial charge is 0.0992 e. The maximum absolute atomic E-state index is 5.24. The standard InChI is InChI=1S/C14H18N2O/c1-10(2)6-11-4-3-5-14-13(11)7-15-16(14)12-8-17-9-12/h3-5,7,10,12H,6,8-9H2,1-2H3. The highest BCUT2D eigenvalue weighted by Crippen LogP contribution is 2.26. The Kier molecular flexibility index (Phi) is 2.63. The zero-order valence-corrected chi connectivity index (χ0v) is 10.4. The molecule has 2 aromatic rings. The van der Waals surface area contributed by atoms with E-state index in [1.54, 1.807) is 0 Å². The molecule has 1 aliphatic rings. The fraction of sp³-hybridized carbons (Fsp3) is 0.500. The van der Waals surface area contributed by atoms with Gasteiger partial charge in [0.15, 0.2) is 0 Å². The summed E-state index contributed by atoms with van der Waals surface area (Å²) in [5.41, 5.74) is 2.65. The minimum Gasteiger partial charge on any atom is -0.377 e. The summed E-state index contributed by atoms with van der Waals surface area (Å²) in [5.74, 6) is 0.677. The molecule has 1 fully saturated rings. The molecule has 90 valence electrons. The van der Waals surface area contributed by atoms with Crippen LogP contribution in [0.2, 0.25) is 0 Å². The molecular formula is C14H18N2O. The van der Waals surface area contributed by atoms with E-state index in [0.29, 0.717) is 12.0 Å². The number of hydrogen-bond donors (Lipinski definition) is 0. The molecule has 17 heavy (non-hydrogen) atoms. The Morgan fingerprint density at radius 3 is 2.88 bits per heavy atom. The van der Waals surface area contributed by atoms with Crippen molar-refractivity contribution in [2.75, 3.05) is 13.2 Å². The lowest BCUT2D eigenvalue weighted by atomic mass is 10.00. The van der Waals surface area contributed by atoms with Crippen molar-refractivity contribution >= 4 is 10.9 Å². The molecule has 1 saturated heterocycles. The molecular weight excluding hydrogens is 212 g/mol. The Morgan fingerprint density at radius 1 is 1.41 bits per heavy atom. The second-order valence-electron chi connectivity index (χ2n) is 5.23. The van der Waals surface area contributed by atoms with Crippen LogP contribution in [-0.4, -0.2) is 23.0 Å². The molecule has 1 aromatic heterocycles. The van der Waals surface area contributed by atoms with E-state index >= 15 is 0 Å². The molecule has 0 bridgehead atoms. The first kappa shape index (κ1) is 10.8. The van der Waals surface area contributed by atoms with Gasteiger partial charge in [0, 0.05) is 5.39 Å². The predicted molar refractivity (Wildman–Crippen MR) is 68.1 cm³/mol. The van der Waals surface area contributed by atoms with Gasteiger partial charge in [0.25, 0.3) is 0 Å². The van der Waals surface area contributed by atoms with E-state index in [1.807, 2.05) is 6.20 Å². The predicted octanol–water partition coefficient (Wildman–Crippen LogP) is 2.81. The molecule has 1 aromatic carbocycles. The van der Waals surface area contributed by atoms with Crippen molar-refractivity contribution in [2.45, 2.75) is 26.3 Å². The van der Waals surface area contributed by atoms with Crippen molar-refractivity contribution in [3.63, 3.8) is 0 Å². The van der Waals surface area contributed by atoms with Crippen LogP contribution in [0.15, 0.2) is 24.4 Å². The molecule has 0 amide bonds. The molecule has 0 unspecified atom stereocenters. The van der Waals surface area contributed by atoms with E-state index in [1.165, 1.54) is 16.5 Å². The summed E-state index contributed by atoms with van der Waals surface area (Å²) >= 11 is 0. The average Bonchev–Trinajstić information content (AvgIpc) is 2.60. The van der Waals surface area contributed by atoms with Gasteiger partial charge in [-0.2, -0.15) is 5.10 Å². The van der Waals surface area contributed by atoms with Gasteiger partial charge >= 0.3 is 0 Å². The first-order valence-corrected chi connectivity index (χ1v) is 6.28. The van der Waals surface area contributed by atoms with E-state index in [9.17, 15) is 0 Å². The minimum absolute atomic E-state index is 0.432. The van der Waals surface area contributed by atoms with E-state index in [-0.39, 0.29) is 0 Å². The second-order valence-corrected chi connectivity index (χ2v) is 5.23. The molecule has 0 spiro atoms. The quantitative estimate of drug-likeness (QED) is 0.810. The third-order valence-electron chi connectivity index (χ3n) is 3.33. The summed E-state index contributed by atoms with van der Waals surface area (Å²) in [6.45, 7) is 6.10. The van der Waals surface area contributed by atoms with Gasteiger partial charge in [0.2, 0.25) is 0 Å². The van der Waals surface area contributed by atoms with Gasteiger partial charge in [-0.05, 0) is 24.0 Å². The number of hydrogen-bond acceptors (Lipinski definition) is 2. The zero-order chi connectivity index (χ0) is 11.8. The van der Waals surface area contributed by atoms with Crippen LogP contribution in [0.25, 0.3) is 10.9 Å². The van der Waals surface area contributed by atoms with Crippen molar-refractivity contribution in [2.24, 2.45) is 5.92 Å². The van der Waals surface area contributed by atoms with Crippen LogP contribution < -0.4 is 0 Å². The number of nitrogens with zero attached hydrogens (tertiary/aromatic N) is 2. The summed E-state index contributed by atoms with van der Waals surface area (Å²) in [6.07, 6.45) is 3.12. The lowest BCUT2D eigenvalue weighted by molar-refractivity contribution is -0.0266. The Balaban J connectivity index is 2.04. The molecule has 0 N–H and O–H groups in total. The van der Waals surface area contributed by atoms with Crippen LogP contribution >= 0.6 is 0 Å². The van der Waals surface area contributed by atoms with Crippen molar-refractivity contribution in [1.82, 2.24) is 9.78 Å². The largest absolute Gasteiger partial charge is 0.377 e. The topological polar surface area (TPSA) is 27.1 Å². The van der Waals surface area contributed by atoms with Crippen LogP contribution in [0.4, 0.5) is 0 Å². The van der Waals surface area contributed by atoms with Gasteiger partial charge in [0.1, 0.15) is 0 Å². The summed E-state index contributed by atoms with van der Waals surface area (Å²) in [4.78, 5) is 0. The van der Waals surface area contributed by atoms with Gasteiger partial charge in [-0.25, -0.2) is 0 Å². The van der Waals surface area contributed by atoms with Crippen LogP contribution in [0, 0.1) is 5.92 Å². The van der Waals surface area contributed by atoms with Gasteiger partial charge < -0.3 is 4.74 Å². The summed E-state index contributed by atoms with van der Waals surface area (Å²) < 4.78 is 7.36. The minimum atomic E-state index is 0.432. The van der Waals surface area contributed by atoms with Crippen molar-refractivity contribution in [3.05, 3.63) is 30.0 Å². The fourth-order valence-corrected chi connectivity index (χ4v) is 2.40. The molecule has 2 heterocycles. The van der Waals surface area contributed by atoms with Gasteiger partial charge in [0.05, 0.1) is 31.0 Å². The molecule has 0 atom stereocenters. The van der Waals surface area contributed by atoms with Crippen molar-refractivity contribution in [3.8, 4) is 0 Å². The highest BCUT2D eigenvalue weighted by atomic mass is 16.5. The Labute approximate surface area is 101 Å². The van der Waals surface area contributed by atoms with Crippen LogP contribution in [0.3, 0.4) is 0 Å². The van der Waals surface area contributed by atoms with Crippen LogP contribution in [0.1, 0.15) is 25.5 Å². The number of ether oxygens (including phenoxy) is 1. The third kappa shape index (κ3) is 1.84. The van der Waals surface area contributed by atoms with Crippen LogP contribution in [-0.2, 0) is 11.2 Å². The van der Waals surface area contributed by atoms with Gasteiger partial charge in [-0.3, -0.25) is 4.68 Å². The average molecular weight is 230 g/mol. The maximum atomic E-state index is 5.24. The zero-order valence-electron chi connectivity index (χ0n) is 10.4. The van der Waals surface area contributed by atoms with E-state index < -0.39 is 0 Å². The van der Waals surface area contributed by atoms with Crippen molar-refractivity contribution in [1.29, 1.82) is 0 Å². The van der Waals surface area contributed by atoms with E-state index in [4.69, 9.17) is 4.74 Å². The lowest BCUT2D eigenvalue weighted by Gasteiger charge is -2.26. The monoisotopic (exact) mass is 230 g/mol. The molecule has 0 aliphatic carbocycles. The van der Waals surface area contributed by atoms with E-state index in [0.717, 1.165) is 19.6 Å². The van der Waals surface area contributed by atoms with Gasteiger partial charge in [-0.15, -0.1) is 0 Å². The number of benzene rings is 1. The SMILES string of the molecule is CC(C)Cc1cccc2c1cnn2C1COC1. The molecule has 0 saturated carbocycles. The molecule has 1 aliphatic heterocycles. The highest BCUT2D eigenvalue weighted by molar-refractivity contribution is 5.82. The lowest BCUT2D eigenvalue weighted by Crippen LogP contribution is -2.31. The first-order valence-electron chi connectivity index (χ1n) is 6.28. The van der Waals surface area contributed by atoms with Crippen LogP contribution in [0.5, 0.6) is 0 Å². The summed E-state index contributed by atoms with van der Waals surface area (Å²) in [6, 6.07) is 6.94. The highest BCUT2D eigenvalue weighted by Gasteiger charge is 2.23. The Bertz CT molecular complexity index is 526. The Morgan fingerprint density at radius 2 is 2.24 bits per heavy atom.